The second kappa shape index (κ2) is 8.67. The Morgan fingerprint density at radius 2 is 2.30 bits per heavy atom. The number of nitrogens with one attached hydrogen (secondary N) is 1. The van der Waals surface area contributed by atoms with Crippen LogP contribution in [0.4, 0.5) is 0 Å². The lowest BCUT2D eigenvalue weighted by Gasteiger charge is -2.21. The predicted octanol–water partition coefficient (Wildman–Crippen LogP) is 2.89. The van der Waals surface area contributed by atoms with E-state index in [1.54, 1.807) is 11.3 Å². The summed E-state index contributed by atoms with van der Waals surface area (Å²) in [6.07, 6.45) is 0.654. The van der Waals surface area contributed by atoms with Crippen LogP contribution in [0, 0.1) is 0 Å². The van der Waals surface area contributed by atoms with E-state index in [-0.39, 0.29) is 5.92 Å². The molecule has 0 radical (unpaired) electrons. The molecule has 2 heterocycles. The van der Waals surface area contributed by atoms with Gasteiger partial charge in [0.05, 0.1) is 6.54 Å². The number of hydrogen-bond donors (Lipinski definition) is 1. The second-order valence-corrected chi connectivity index (χ2v) is 6.45. The lowest BCUT2D eigenvalue weighted by molar-refractivity contribution is 0.372. The van der Waals surface area contributed by atoms with Gasteiger partial charge in [-0.2, -0.15) is 16.3 Å². The summed E-state index contributed by atoms with van der Waals surface area (Å²) in [5.41, 5.74) is 1.29. The van der Waals surface area contributed by atoms with Crippen LogP contribution in [0.2, 0.25) is 0 Å². The molecule has 0 spiro atoms. The predicted molar refractivity (Wildman–Crippen MR) is 93.9 cm³/mol. The number of aromatic nitrogens is 2. The molecule has 0 saturated carbocycles. The van der Waals surface area contributed by atoms with E-state index >= 15 is 0 Å². The quantitative estimate of drug-likeness (QED) is 0.622. The zero-order valence-electron chi connectivity index (χ0n) is 14.2. The lowest BCUT2D eigenvalue weighted by atomic mass is 10.2. The highest BCUT2D eigenvalue weighted by Crippen LogP contribution is 2.10. The molecule has 2 rings (SSSR count). The molecule has 1 N–H and O–H groups in total. The smallest absolute Gasteiger partial charge is 0.228 e. The monoisotopic (exact) mass is 335 g/mol. The molecule has 0 amide bonds. The van der Waals surface area contributed by atoms with Crippen LogP contribution in [-0.2, 0) is 13.0 Å². The number of nitrogens with zero attached hydrogens (tertiary/aromatic N) is 4. The van der Waals surface area contributed by atoms with E-state index < -0.39 is 0 Å². The van der Waals surface area contributed by atoms with Crippen LogP contribution >= 0.6 is 11.3 Å². The molecule has 7 heteroatoms. The molecule has 2 aromatic heterocycles. The van der Waals surface area contributed by atoms with Crippen molar-refractivity contribution in [2.24, 2.45) is 4.99 Å². The van der Waals surface area contributed by atoms with Gasteiger partial charge in [0.1, 0.15) is 0 Å². The molecule has 0 unspecified atom stereocenters. The van der Waals surface area contributed by atoms with E-state index in [9.17, 15) is 0 Å². The third-order valence-corrected chi connectivity index (χ3v) is 4.02. The average Bonchev–Trinajstić information content (AvgIpc) is 3.17. The van der Waals surface area contributed by atoms with Gasteiger partial charge in [0.15, 0.2) is 11.8 Å². The number of rotatable bonds is 7. The molecule has 0 saturated heterocycles. The van der Waals surface area contributed by atoms with Gasteiger partial charge in [-0.05, 0) is 29.3 Å². The number of aliphatic imine (C=N–C) groups is 1. The summed E-state index contributed by atoms with van der Waals surface area (Å²) < 4.78 is 5.25. The minimum Gasteiger partial charge on any atom is -0.357 e. The lowest BCUT2D eigenvalue weighted by Crippen LogP contribution is -2.38. The molecular weight excluding hydrogens is 310 g/mol. The summed E-state index contributed by atoms with van der Waals surface area (Å²) in [6.45, 7) is 8.47. The van der Waals surface area contributed by atoms with E-state index in [4.69, 9.17) is 4.52 Å². The summed E-state index contributed by atoms with van der Waals surface area (Å²) in [7, 11) is 2.04. The topological polar surface area (TPSA) is 66.5 Å². The number of thiophene rings is 1. The van der Waals surface area contributed by atoms with Gasteiger partial charge in [0.25, 0.3) is 0 Å². The van der Waals surface area contributed by atoms with Crippen molar-refractivity contribution in [3.63, 3.8) is 0 Å². The number of hydrogen-bond acceptors (Lipinski definition) is 5. The third kappa shape index (κ3) is 5.35. The van der Waals surface area contributed by atoms with Crippen LogP contribution in [0.25, 0.3) is 0 Å². The summed E-state index contributed by atoms with van der Waals surface area (Å²) in [6, 6.07) is 2.14. The van der Waals surface area contributed by atoms with E-state index in [0.717, 1.165) is 24.9 Å². The fourth-order valence-corrected chi connectivity index (χ4v) is 2.72. The van der Waals surface area contributed by atoms with Crippen molar-refractivity contribution in [1.29, 1.82) is 0 Å². The SMILES string of the molecule is CCNC(=NCCc1nc(C(C)C)no1)N(C)Cc1ccsc1. The van der Waals surface area contributed by atoms with Crippen molar-refractivity contribution in [2.75, 3.05) is 20.1 Å². The maximum Gasteiger partial charge on any atom is 0.228 e. The highest BCUT2D eigenvalue weighted by atomic mass is 32.1. The first-order valence-electron chi connectivity index (χ1n) is 7.93. The molecule has 0 aliphatic carbocycles. The van der Waals surface area contributed by atoms with E-state index in [1.165, 1.54) is 5.56 Å². The van der Waals surface area contributed by atoms with E-state index in [1.807, 2.05) is 7.05 Å². The Hall–Kier alpha value is -1.89. The minimum atomic E-state index is 0.282. The van der Waals surface area contributed by atoms with Gasteiger partial charge >= 0.3 is 0 Å². The molecule has 0 atom stereocenters. The molecule has 2 aromatic rings. The Morgan fingerprint density at radius 1 is 1.48 bits per heavy atom. The standard InChI is InChI=1S/C16H25N5OS/c1-5-17-16(21(4)10-13-7-9-23-11-13)18-8-6-14-19-15(12(2)3)20-22-14/h7,9,11-12H,5-6,8,10H2,1-4H3,(H,17,18). The third-order valence-electron chi connectivity index (χ3n) is 3.28. The van der Waals surface area contributed by atoms with Crippen molar-refractivity contribution in [3.05, 3.63) is 34.1 Å². The Labute approximate surface area is 141 Å². The zero-order chi connectivity index (χ0) is 16.7. The largest absolute Gasteiger partial charge is 0.357 e. The maximum atomic E-state index is 5.25. The van der Waals surface area contributed by atoms with Gasteiger partial charge in [0.2, 0.25) is 5.89 Å². The molecular formula is C16H25N5OS. The first-order valence-corrected chi connectivity index (χ1v) is 8.87. The van der Waals surface area contributed by atoms with Crippen LogP contribution < -0.4 is 5.32 Å². The van der Waals surface area contributed by atoms with Gasteiger partial charge in [0, 0.05) is 32.5 Å². The summed E-state index contributed by atoms with van der Waals surface area (Å²) in [5, 5.41) is 11.5. The molecule has 6 nitrogen and oxygen atoms in total. The minimum absolute atomic E-state index is 0.282. The van der Waals surface area contributed by atoms with E-state index in [2.05, 4.69) is 62.9 Å². The molecule has 23 heavy (non-hydrogen) atoms. The Balaban J connectivity index is 1.92. The molecule has 0 aromatic carbocycles. The summed E-state index contributed by atoms with van der Waals surface area (Å²) in [5.74, 6) is 2.58. The van der Waals surface area contributed by atoms with Gasteiger partial charge in [-0.25, -0.2) is 0 Å². The zero-order valence-corrected chi connectivity index (χ0v) is 15.1. The molecule has 0 fully saturated rings. The van der Waals surface area contributed by atoms with Gasteiger partial charge < -0.3 is 14.7 Å². The molecule has 0 aliphatic rings. The Bertz CT molecular complexity index is 606. The Kier molecular flexibility index (Phi) is 6.58. The van der Waals surface area contributed by atoms with Crippen molar-refractivity contribution in [2.45, 2.75) is 39.7 Å². The molecule has 0 bridgehead atoms. The summed E-state index contributed by atoms with van der Waals surface area (Å²) in [4.78, 5) is 11.2. The van der Waals surface area contributed by atoms with Crippen molar-refractivity contribution >= 4 is 17.3 Å². The van der Waals surface area contributed by atoms with Crippen molar-refractivity contribution in [1.82, 2.24) is 20.4 Å². The number of guanidine groups is 1. The molecule has 126 valence electrons. The first-order chi connectivity index (χ1) is 11.1. The summed E-state index contributed by atoms with van der Waals surface area (Å²) >= 11 is 1.71. The fraction of sp³-hybridized carbons (Fsp3) is 0.562. The normalized spacial score (nSPS) is 12.0. The van der Waals surface area contributed by atoms with Crippen molar-refractivity contribution < 1.29 is 4.52 Å². The van der Waals surface area contributed by atoms with Crippen molar-refractivity contribution in [3.8, 4) is 0 Å². The van der Waals surface area contributed by atoms with Crippen LogP contribution in [-0.4, -0.2) is 41.1 Å². The van der Waals surface area contributed by atoms with Gasteiger partial charge in [-0.15, -0.1) is 0 Å². The van der Waals surface area contributed by atoms with Gasteiger partial charge in [-0.3, -0.25) is 4.99 Å². The average molecular weight is 335 g/mol. The van der Waals surface area contributed by atoms with Crippen LogP contribution in [0.1, 0.15) is 44.0 Å². The van der Waals surface area contributed by atoms with Gasteiger partial charge in [-0.1, -0.05) is 19.0 Å². The highest BCUT2D eigenvalue weighted by Gasteiger charge is 2.10. The Morgan fingerprint density at radius 3 is 2.91 bits per heavy atom. The van der Waals surface area contributed by atoms with E-state index in [0.29, 0.717) is 18.9 Å². The van der Waals surface area contributed by atoms with Crippen LogP contribution in [0.5, 0.6) is 0 Å². The first kappa shape index (κ1) is 17.5. The van der Waals surface area contributed by atoms with Crippen LogP contribution in [0.3, 0.4) is 0 Å². The second-order valence-electron chi connectivity index (χ2n) is 5.67. The maximum absolute atomic E-state index is 5.25. The molecule has 0 aliphatic heterocycles. The fourth-order valence-electron chi connectivity index (χ4n) is 2.06. The van der Waals surface area contributed by atoms with Crippen LogP contribution in [0.15, 0.2) is 26.3 Å². The highest BCUT2D eigenvalue weighted by molar-refractivity contribution is 7.07.